The van der Waals surface area contributed by atoms with Crippen LogP contribution in [0.2, 0.25) is 0 Å². The second-order valence-electron chi connectivity index (χ2n) is 4.64. The number of benzene rings is 1. The summed E-state index contributed by atoms with van der Waals surface area (Å²) in [6.45, 7) is 4.63. The number of hydrogen-bond acceptors (Lipinski definition) is 2. The molecule has 1 rings (SSSR count). The lowest BCUT2D eigenvalue weighted by atomic mass is 10.2. The van der Waals surface area contributed by atoms with Crippen LogP contribution in [0, 0.1) is 0 Å². The zero-order valence-electron chi connectivity index (χ0n) is 11.0. The van der Waals surface area contributed by atoms with E-state index in [4.69, 9.17) is 5.73 Å². The van der Waals surface area contributed by atoms with Gasteiger partial charge in [0.1, 0.15) is 0 Å². The van der Waals surface area contributed by atoms with Crippen LogP contribution in [0.3, 0.4) is 0 Å². The standard InChI is InChI=1S/C13H21N3O/c1-10(2)16(13(17)15(3)4)9-11-5-7-12(14)8-6-11/h5-8,10H,9,14H2,1-4H3. The van der Waals surface area contributed by atoms with Gasteiger partial charge in [-0.1, -0.05) is 12.1 Å². The Morgan fingerprint density at radius 3 is 2.18 bits per heavy atom. The average Bonchev–Trinajstić information content (AvgIpc) is 2.26. The van der Waals surface area contributed by atoms with Crippen molar-refractivity contribution in [2.24, 2.45) is 0 Å². The molecule has 0 bridgehead atoms. The third-order valence-corrected chi connectivity index (χ3v) is 2.58. The van der Waals surface area contributed by atoms with Crippen molar-refractivity contribution in [3.05, 3.63) is 29.8 Å². The Kier molecular flexibility index (Phi) is 4.37. The maximum atomic E-state index is 12.0. The lowest BCUT2D eigenvalue weighted by Gasteiger charge is -2.29. The summed E-state index contributed by atoms with van der Waals surface area (Å²) in [5, 5.41) is 0. The number of nitrogen functional groups attached to an aromatic ring is 1. The van der Waals surface area contributed by atoms with E-state index in [0.29, 0.717) is 6.54 Å². The largest absolute Gasteiger partial charge is 0.399 e. The van der Waals surface area contributed by atoms with Gasteiger partial charge in [-0.05, 0) is 31.5 Å². The van der Waals surface area contributed by atoms with Crippen molar-refractivity contribution in [2.45, 2.75) is 26.4 Å². The zero-order valence-corrected chi connectivity index (χ0v) is 11.0. The summed E-state index contributed by atoms with van der Waals surface area (Å²) in [6.07, 6.45) is 0. The smallest absolute Gasteiger partial charge is 0.320 e. The predicted octanol–water partition coefficient (Wildman–Crippen LogP) is 2.16. The van der Waals surface area contributed by atoms with Crippen molar-refractivity contribution in [1.82, 2.24) is 9.80 Å². The van der Waals surface area contributed by atoms with Crippen molar-refractivity contribution in [2.75, 3.05) is 19.8 Å². The van der Waals surface area contributed by atoms with Crippen LogP contribution in [-0.2, 0) is 6.54 Å². The Morgan fingerprint density at radius 2 is 1.76 bits per heavy atom. The van der Waals surface area contributed by atoms with E-state index in [-0.39, 0.29) is 12.1 Å². The summed E-state index contributed by atoms with van der Waals surface area (Å²) in [5.41, 5.74) is 7.46. The Morgan fingerprint density at radius 1 is 1.24 bits per heavy atom. The third kappa shape index (κ3) is 3.66. The summed E-state index contributed by atoms with van der Waals surface area (Å²) < 4.78 is 0. The number of nitrogens with zero attached hydrogens (tertiary/aromatic N) is 2. The molecule has 0 radical (unpaired) electrons. The third-order valence-electron chi connectivity index (χ3n) is 2.58. The molecule has 1 aromatic rings. The predicted molar refractivity (Wildman–Crippen MR) is 70.6 cm³/mol. The highest BCUT2D eigenvalue weighted by Crippen LogP contribution is 2.12. The van der Waals surface area contributed by atoms with Crippen LogP contribution in [0.1, 0.15) is 19.4 Å². The second kappa shape index (κ2) is 5.57. The van der Waals surface area contributed by atoms with E-state index in [1.54, 1.807) is 19.0 Å². The SMILES string of the molecule is CC(C)N(Cc1ccc(N)cc1)C(=O)N(C)C. The van der Waals surface area contributed by atoms with Crippen molar-refractivity contribution < 1.29 is 4.79 Å². The van der Waals surface area contributed by atoms with Crippen molar-refractivity contribution in [3.63, 3.8) is 0 Å². The monoisotopic (exact) mass is 235 g/mol. The number of anilines is 1. The molecule has 0 atom stereocenters. The highest BCUT2D eigenvalue weighted by Gasteiger charge is 2.18. The molecule has 0 saturated carbocycles. The first-order valence-electron chi connectivity index (χ1n) is 5.74. The van der Waals surface area contributed by atoms with E-state index >= 15 is 0 Å². The molecule has 0 fully saturated rings. The summed E-state index contributed by atoms with van der Waals surface area (Å²) in [4.78, 5) is 15.4. The molecule has 0 aliphatic rings. The fraction of sp³-hybridized carbons (Fsp3) is 0.462. The molecule has 0 aliphatic carbocycles. The van der Waals surface area contributed by atoms with Crippen LogP contribution in [0.4, 0.5) is 10.5 Å². The molecule has 0 aromatic heterocycles. The van der Waals surface area contributed by atoms with Gasteiger partial charge in [0.25, 0.3) is 0 Å². The van der Waals surface area contributed by atoms with Crippen LogP contribution in [0.5, 0.6) is 0 Å². The van der Waals surface area contributed by atoms with Crippen LogP contribution >= 0.6 is 0 Å². The molecular formula is C13H21N3O. The molecule has 4 heteroatoms. The second-order valence-corrected chi connectivity index (χ2v) is 4.64. The summed E-state index contributed by atoms with van der Waals surface area (Å²) in [7, 11) is 3.53. The number of carbonyl (C=O) groups excluding carboxylic acids is 1. The molecule has 0 aliphatic heterocycles. The van der Waals surface area contributed by atoms with Crippen molar-refractivity contribution in [3.8, 4) is 0 Å². The highest BCUT2D eigenvalue weighted by molar-refractivity contribution is 5.74. The fourth-order valence-corrected chi connectivity index (χ4v) is 1.55. The zero-order chi connectivity index (χ0) is 13.0. The van der Waals surface area contributed by atoms with Gasteiger partial charge in [-0.15, -0.1) is 0 Å². The molecule has 1 aromatic carbocycles. The first-order valence-corrected chi connectivity index (χ1v) is 5.74. The first kappa shape index (κ1) is 13.4. The van der Waals surface area contributed by atoms with Gasteiger partial charge in [-0.2, -0.15) is 0 Å². The van der Waals surface area contributed by atoms with Gasteiger partial charge in [-0.3, -0.25) is 0 Å². The van der Waals surface area contributed by atoms with Crippen LogP contribution < -0.4 is 5.73 Å². The molecule has 94 valence electrons. The fourth-order valence-electron chi connectivity index (χ4n) is 1.55. The molecule has 17 heavy (non-hydrogen) atoms. The summed E-state index contributed by atoms with van der Waals surface area (Å²) >= 11 is 0. The molecule has 0 unspecified atom stereocenters. The van der Waals surface area contributed by atoms with Gasteiger partial charge in [0.15, 0.2) is 0 Å². The van der Waals surface area contributed by atoms with Gasteiger partial charge in [0.05, 0.1) is 0 Å². The molecule has 4 nitrogen and oxygen atoms in total. The minimum atomic E-state index is 0.0248. The lowest BCUT2D eigenvalue weighted by molar-refractivity contribution is 0.153. The maximum absolute atomic E-state index is 12.0. The van der Waals surface area contributed by atoms with Gasteiger partial charge < -0.3 is 15.5 Å². The number of rotatable bonds is 3. The van der Waals surface area contributed by atoms with Gasteiger partial charge >= 0.3 is 6.03 Å². The molecular weight excluding hydrogens is 214 g/mol. The van der Waals surface area contributed by atoms with Crippen molar-refractivity contribution >= 4 is 11.7 Å². The Balaban J connectivity index is 2.80. The number of hydrogen-bond donors (Lipinski definition) is 1. The number of urea groups is 1. The highest BCUT2D eigenvalue weighted by atomic mass is 16.2. The Hall–Kier alpha value is -1.71. The van der Waals surface area contributed by atoms with E-state index in [9.17, 15) is 4.79 Å². The van der Waals surface area contributed by atoms with Crippen LogP contribution in [0.25, 0.3) is 0 Å². The van der Waals surface area contributed by atoms with Gasteiger partial charge in [0.2, 0.25) is 0 Å². The molecule has 0 spiro atoms. The van der Waals surface area contributed by atoms with Gasteiger partial charge in [0, 0.05) is 32.4 Å². The van der Waals surface area contributed by atoms with Crippen LogP contribution in [0.15, 0.2) is 24.3 Å². The van der Waals surface area contributed by atoms with Crippen LogP contribution in [-0.4, -0.2) is 36.0 Å². The number of carbonyl (C=O) groups is 1. The quantitative estimate of drug-likeness (QED) is 0.816. The summed E-state index contributed by atoms with van der Waals surface area (Å²) in [5.74, 6) is 0. The average molecular weight is 235 g/mol. The van der Waals surface area contributed by atoms with E-state index in [0.717, 1.165) is 11.3 Å². The van der Waals surface area contributed by atoms with E-state index in [1.165, 1.54) is 0 Å². The normalized spacial score (nSPS) is 10.4. The molecule has 0 heterocycles. The minimum absolute atomic E-state index is 0.0248. The summed E-state index contributed by atoms with van der Waals surface area (Å²) in [6, 6.07) is 7.81. The Bertz CT molecular complexity index is 371. The molecule has 2 amide bonds. The van der Waals surface area contributed by atoms with Crippen molar-refractivity contribution in [1.29, 1.82) is 0 Å². The first-order chi connectivity index (χ1) is 7.91. The number of nitrogens with two attached hydrogens (primary N) is 1. The Labute approximate surface area is 103 Å². The minimum Gasteiger partial charge on any atom is -0.399 e. The van der Waals surface area contributed by atoms with E-state index in [1.807, 2.05) is 43.0 Å². The molecule has 2 N–H and O–H groups in total. The van der Waals surface area contributed by atoms with E-state index < -0.39 is 0 Å². The lowest BCUT2D eigenvalue weighted by Crippen LogP contribution is -2.42. The van der Waals surface area contributed by atoms with E-state index in [2.05, 4.69) is 0 Å². The van der Waals surface area contributed by atoms with Gasteiger partial charge in [-0.25, -0.2) is 4.79 Å². The molecule has 0 saturated heterocycles. The topological polar surface area (TPSA) is 49.6 Å². The maximum Gasteiger partial charge on any atom is 0.320 e. The number of amides is 2.